The number of hydrogen-bond donors (Lipinski definition) is 1. The fraction of sp³-hybridized carbons (Fsp3) is 0.571. The van der Waals surface area contributed by atoms with E-state index in [0.29, 0.717) is 0 Å². The molecular weight excluding hydrogens is 279 g/mol. The highest BCUT2D eigenvalue weighted by molar-refractivity contribution is 6.47. The van der Waals surface area contributed by atoms with Crippen LogP contribution in [0.25, 0.3) is 0 Å². The summed E-state index contributed by atoms with van der Waals surface area (Å²) in [4.78, 5) is 0. The zero-order valence-corrected chi connectivity index (χ0v) is 12.9. The van der Waals surface area contributed by atoms with Gasteiger partial charge in [0.2, 0.25) is 0 Å². The van der Waals surface area contributed by atoms with Crippen molar-refractivity contribution in [1.29, 1.82) is 0 Å². The van der Waals surface area contributed by atoms with Crippen LogP contribution in [0.15, 0.2) is 12.1 Å². The van der Waals surface area contributed by atoms with Crippen LogP contribution in [0.1, 0.15) is 39.2 Å². The minimum Gasteiger partial charge on any atom is -0.497 e. The molecule has 0 amide bonds. The summed E-state index contributed by atoms with van der Waals surface area (Å²) >= 11 is 0. The van der Waals surface area contributed by atoms with E-state index in [9.17, 15) is 8.78 Å². The van der Waals surface area contributed by atoms with E-state index in [4.69, 9.17) is 19.8 Å². The third-order valence-electron chi connectivity index (χ3n) is 4.19. The van der Waals surface area contributed by atoms with Crippen molar-refractivity contribution in [2.24, 2.45) is 5.73 Å². The Labute approximate surface area is 123 Å². The maximum absolute atomic E-state index is 14.1. The van der Waals surface area contributed by atoms with E-state index in [1.807, 2.05) is 27.7 Å². The number of hydrogen-bond acceptors (Lipinski definition) is 4. The van der Waals surface area contributed by atoms with Crippen LogP contribution in [-0.4, -0.2) is 25.4 Å². The van der Waals surface area contributed by atoms with E-state index in [1.54, 1.807) is 0 Å². The standard InChI is InChI=1S/C14H20BF2NO3/c1-13(2)14(3,4)21-15(20-13)12(18)11-9(16)6-8(19-5)7-10(11)17/h6-7,12H,18H2,1-5H3/t12-/m1/s1. The number of benzene rings is 1. The molecule has 7 heteroatoms. The fourth-order valence-corrected chi connectivity index (χ4v) is 2.17. The molecular formula is C14H20BF2NO3. The van der Waals surface area contributed by atoms with Gasteiger partial charge in [0.1, 0.15) is 17.4 Å². The summed E-state index contributed by atoms with van der Waals surface area (Å²) in [6.45, 7) is 7.39. The first-order valence-electron chi connectivity index (χ1n) is 6.73. The first-order chi connectivity index (χ1) is 9.59. The van der Waals surface area contributed by atoms with Crippen LogP contribution in [-0.2, 0) is 9.31 Å². The molecule has 0 spiro atoms. The maximum Gasteiger partial charge on any atom is 0.480 e. The average molecular weight is 299 g/mol. The second-order valence-electron chi connectivity index (χ2n) is 6.16. The molecule has 1 heterocycles. The second-order valence-corrected chi connectivity index (χ2v) is 6.16. The molecule has 1 aliphatic heterocycles. The summed E-state index contributed by atoms with van der Waals surface area (Å²) in [6.07, 6.45) is 0. The molecule has 116 valence electrons. The van der Waals surface area contributed by atoms with Crippen molar-refractivity contribution in [1.82, 2.24) is 0 Å². The van der Waals surface area contributed by atoms with E-state index in [-0.39, 0.29) is 11.3 Å². The van der Waals surface area contributed by atoms with Gasteiger partial charge in [-0.3, -0.25) is 0 Å². The molecule has 0 saturated carbocycles. The molecule has 0 bridgehead atoms. The normalized spacial score (nSPS) is 21.4. The highest BCUT2D eigenvalue weighted by atomic mass is 19.1. The Morgan fingerprint density at radius 1 is 1.10 bits per heavy atom. The Morgan fingerprint density at radius 3 is 1.90 bits per heavy atom. The zero-order valence-electron chi connectivity index (χ0n) is 12.9. The van der Waals surface area contributed by atoms with Gasteiger partial charge < -0.3 is 19.8 Å². The minimum atomic E-state index is -1.07. The summed E-state index contributed by atoms with van der Waals surface area (Å²) in [5.41, 5.74) is 4.46. The molecule has 1 aliphatic rings. The highest BCUT2D eigenvalue weighted by Gasteiger charge is 2.54. The van der Waals surface area contributed by atoms with Gasteiger partial charge in [-0.2, -0.15) is 0 Å². The zero-order chi connectivity index (χ0) is 16.0. The molecule has 0 radical (unpaired) electrons. The molecule has 1 aromatic carbocycles. The first-order valence-corrected chi connectivity index (χ1v) is 6.73. The molecule has 2 N–H and O–H groups in total. The summed E-state index contributed by atoms with van der Waals surface area (Å²) < 4.78 is 44.4. The minimum absolute atomic E-state index is 0.0925. The van der Waals surface area contributed by atoms with Crippen LogP contribution in [0.4, 0.5) is 8.78 Å². The summed E-state index contributed by atoms with van der Waals surface area (Å²) in [6, 6.07) is 2.17. The van der Waals surface area contributed by atoms with Crippen LogP contribution < -0.4 is 10.5 Å². The number of rotatable bonds is 3. The van der Waals surface area contributed by atoms with Crippen LogP contribution in [0.5, 0.6) is 5.75 Å². The first kappa shape index (κ1) is 16.2. The Hall–Kier alpha value is -1.18. The molecule has 0 aromatic heterocycles. The number of nitrogens with two attached hydrogens (primary N) is 1. The van der Waals surface area contributed by atoms with Gasteiger partial charge in [-0.1, -0.05) is 0 Å². The third kappa shape index (κ3) is 2.77. The van der Waals surface area contributed by atoms with E-state index >= 15 is 0 Å². The lowest BCUT2D eigenvalue weighted by Gasteiger charge is -2.32. The van der Waals surface area contributed by atoms with E-state index in [2.05, 4.69) is 0 Å². The number of halogens is 2. The van der Waals surface area contributed by atoms with Crippen molar-refractivity contribution in [2.45, 2.75) is 44.8 Å². The van der Waals surface area contributed by atoms with Crippen molar-refractivity contribution in [3.05, 3.63) is 29.3 Å². The van der Waals surface area contributed by atoms with Gasteiger partial charge in [0.05, 0.1) is 24.3 Å². The lowest BCUT2D eigenvalue weighted by atomic mass is 9.74. The van der Waals surface area contributed by atoms with Crippen molar-refractivity contribution in [3.8, 4) is 5.75 Å². The third-order valence-corrected chi connectivity index (χ3v) is 4.19. The summed E-state index contributed by atoms with van der Waals surface area (Å²) in [5, 5.41) is 0. The van der Waals surface area contributed by atoms with Crippen molar-refractivity contribution in [2.75, 3.05) is 7.11 Å². The van der Waals surface area contributed by atoms with Gasteiger partial charge in [-0.05, 0) is 27.7 Å². The molecule has 4 nitrogen and oxygen atoms in total. The Balaban J connectivity index is 2.32. The Kier molecular flexibility index (Phi) is 4.03. The predicted octanol–water partition coefficient (Wildman–Crippen LogP) is 2.60. The monoisotopic (exact) mass is 299 g/mol. The van der Waals surface area contributed by atoms with Gasteiger partial charge >= 0.3 is 7.12 Å². The van der Waals surface area contributed by atoms with Crippen LogP contribution >= 0.6 is 0 Å². The molecule has 1 fully saturated rings. The number of methoxy groups -OCH3 is 1. The average Bonchev–Trinajstić information content (AvgIpc) is 2.57. The molecule has 0 aliphatic carbocycles. The lowest BCUT2D eigenvalue weighted by Crippen LogP contribution is -2.41. The van der Waals surface area contributed by atoms with Crippen LogP contribution in [0.2, 0.25) is 0 Å². The predicted molar refractivity (Wildman–Crippen MR) is 75.9 cm³/mol. The number of ether oxygens (including phenoxy) is 1. The van der Waals surface area contributed by atoms with Crippen LogP contribution in [0.3, 0.4) is 0 Å². The van der Waals surface area contributed by atoms with Crippen molar-refractivity contribution in [3.63, 3.8) is 0 Å². The highest BCUT2D eigenvalue weighted by Crippen LogP contribution is 2.40. The topological polar surface area (TPSA) is 53.7 Å². The summed E-state index contributed by atoms with van der Waals surface area (Å²) in [7, 11) is 0.412. The lowest BCUT2D eigenvalue weighted by molar-refractivity contribution is 0.00578. The quantitative estimate of drug-likeness (QED) is 0.872. The SMILES string of the molecule is COc1cc(F)c([C@@H](N)B2OC(C)(C)C(C)(C)O2)c(F)c1. The maximum atomic E-state index is 14.1. The van der Waals surface area contributed by atoms with Crippen molar-refractivity contribution < 1.29 is 22.8 Å². The molecule has 1 saturated heterocycles. The van der Waals surface area contributed by atoms with E-state index in [1.165, 1.54) is 7.11 Å². The van der Waals surface area contributed by atoms with Gasteiger partial charge in [-0.15, -0.1) is 0 Å². The van der Waals surface area contributed by atoms with Gasteiger partial charge in [0, 0.05) is 17.7 Å². The van der Waals surface area contributed by atoms with E-state index in [0.717, 1.165) is 12.1 Å². The smallest absolute Gasteiger partial charge is 0.480 e. The molecule has 21 heavy (non-hydrogen) atoms. The molecule has 0 unspecified atom stereocenters. The Morgan fingerprint density at radius 2 is 1.52 bits per heavy atom. The Bertz CT molecular complexity index is 512. The van der Waals surface area contributed by atoms with Crippen LogP contribution in [0, 0.1) is 11.6 Å². The summed E-state index contributed by atoms with van der Waals surface area (Å²) in [5.74, 6) is -2.55. The largest absolute Gasteiger partial charge is 0.497 e. The fourth-order valence-electron chi connectivity index (χ4n) is 2.17. The second kappa shape index (κ2) is 5.23. The van der Waals surface area contributed by atoms with Crippen molar-refractivity contribution >= 4 is 7.12 Å². The van der Waals surface area contributed by atoms with Gasteiger partial charge in [0.25, 0.3) is 0 Å². The van der Waals surface area contributed by atoms with Gasteiger partial charge in [-0.25, -0.2) is 8.78 Å². The van der Waals surface area contributed by atoms with E-state index < -0.39 is 35.9 Å². The molecule has 1 atom stereocenters. The molecule has 1 aromatic rings. The molecule has 2 rings (SSSR count). The van der Waals surface area contributed by atoms with Gasteiger partial charge in [0.15, 0.2) is 0 Å².